The van der Waals surface area contributed by atoms with E-state index in [0.29, 0.717) is 12.5 Å². The quantitative estimate of drug-likeness (QED) is 0.484. The number of imidazole rings is 1. The molecule has 1 aromatic carbocycles. The van der Waals surface area contributed by atoms with Crippen LogP contribution in [0.1, 0.15) is 12.0 Å². The number of nitrogens with one attached hydrogen (secondary N) is 2. The third-order valence-corrected chi connectivity index (χ3v) is 3.02. The molecule has 21 heavy (non-hydrogen) atoms. The van der Waals surface area contributed by atoms with Crippen molar-refractivity contribution in [1.82, 2.24) is 20.2 Å². The van der Waals surface area contributed by atoms with Crippen LogP contribution in [0.5, 0.6) is 0 Å². The predicted octanol–water partition coefficient (Wildman–Crippen LogP) is 1.78. The second-order valence-corrected chi connectivity index (χ2v) is 4.64. The Morgan fingerprint density at radius 3 is 3.00 bits per heavy atom. The normalized spacial score (nSPS) is 11.4. The molecule has 0 aliphatic carbocycles. The Hall–Kier alpha value is -2.37. The maximum atomic E-state index is 13.1. The van der Waals surface area contributed by atoms with Crippen LogP contribution in [-0.2, 0) is 13.1 Å². The SMILES string of the molecule is CN=C(NCCCn1ccnc1)NCc1cccc(F)c1. The van der Waals surface area contributed by atoms with Crippen molar-refractivity contribution in [2.45, 2.75) is 19.5 Å². The van der Waals surface area contributed by atoms with Gasteiger partial charge in [-0.2, -0.15) is 0 Å². The maximum absolute atomic E-state index is 13.1. The van der Waals surface area contributed by atoms with Crippen molar-refractivity contribution in [3.63, 3.8) is 0 Å². The van der Waals surface area contributed by atoms with E-state index in [1.807, 2.05) is 16.8 Å². The van der Waals surface area contributed by atoms with Crippen molar-refractivity contribution in [3.05, 3.63) is 54.4 Å². The van der Waals surface area contributed by atoms with Crippen LogP contribution < -0.4 is 10.6 Å². The monoisotopic (exact) mass is 289 g/mol. The van der Waals surface area contributed by atoms with Gasteiger partial charge in [0.15, 0.2) is 5.96 Å². The molecule has 6 heteroatoms. The fourth-order valence-corrected chi connectivity index (χ4v) is 1.94. The van der Waals surface area contributed by atoms with Crippen LogP contribution in [0.2, 0.25) is 0 Å². The van der Waals surface area contributed by atoms with Crippen LogP contribution in [0.15, 0.2) is 48.0 Å². The van der Waals surface area contributed by atoms with E-state index in [9.17, 15) is 4.39 Å². The van der Waals surface area contributed by atoms with E-state index in [4.69, 9.17) is 0 Å². The van der Waals surface area contributed by atoms with Gasteiger partial charge in [0, 0.05) is 39.1 Å². The van der Waals surface area contributed by atoms with Crippen LogP contribution in [0.4, 0.5) is 4.39 Å². The first-order valence-corrected chi connectivity index (χ1v) is 6.92. The minimum absolute atomic E-state index is 0.224. The van der Waals surface area contributed by atoms with Crippen molar-refractivity contribution in [1.29, 1.82) is 0 Å². The molecule has 2 rings (SSSR count). The number of hydrogen-bond donors (Lipinski definition) is 2. The molecule has 0 aliphatic heterocycles. The van der Waals surface area contributed by atoms with Gasteiger partial charge in [-0.1, -0.05) is 12.1 Å². The van der Waals surface area contributed by atoms with E-state index in [-0.39, 0.29) is 5.82 Å². The standard InChI is InChI=1S/C15H20FN5/c1-17-15(19-6-3-8-21-9-7-18-12-21)20-11-13-4-2-5-14(16)10-13/h2,4-5,7,9-10,12H,3,6,8,11H2,1H3,(H2,17,19,20). The second kappa shape index (κ2) is 8.04. The summed E-state index contributed by atoms with van der Waals surface area (Å²) in [5.41, 5.74) is 0.886. The smallest absolute Gasteiger partial charge is 0.191 e. The van der Waals surface area contributed by atoms with Gasteiger partial charge < -0.3 is 15.2 Å². The first kappa shape index (κ1) is 15.0. The number of aromatic nitrogens is 2. The Balaban J connectivity index is 1.68. The summed E-state index contributed by atoms with van der Waals surface area (Å²) in [6.07, 6.45) is 6.48. The lowest BCUT2D eigenvalue weighted by Gasteiger charge is -2.12. The zero-order valence-corrected chi connectivity index (χ0v) is 12.1. The van der Waals surface area contributed by atoms with Gasteiger partial charge >= 0.3 is 0 Å². The van der Waals surface area contributed by atoms with E-state index >= 15 is 0 Å². The van der Waals surface area contributed by atoms with Gasteiger partial charge in [0.05, 0.1) is 6.33 Å². The largest absolute Gasteiger partial charge is 0.356 e. The maximum Gasteiger partial charge on any atom is 0.191 e. The number of nitrogens with zero attached hydrogens (tertiary/aromatic N) is 3. The molecule has 0 fully saturated rings. The van der Waals surface area contributed by atoms with Crippen LogP contribution in [-0.4, -0.2) is 29.1 Å². The Kier molecular flexibility index (Phi) is 5.75. The number of guanidine groups is 1. The van der Waals surface area contributed by atoms with E-state index in [0.717, 1.165) is 25.1 Å². The van der Waals surface area contributed by atoms with Gasteiger partial charge in [-0.15, -0.1) is 0 Å². The number of aryl methyl sites for hydroxylation is 1. The van der Waals surface area contributed by atoms with E-state index < -0.39 is 0 Å². The molecular weight excluding hydrogens is 269 g/mol. The molecule has 0 unspecified atom stereocenters. The van der Waals surface area contributed by atoms with Crippen molar-refractivity contribution in [2.24, 2.45) is 4.99 Å². The molecule has 0 saturated heterocycles. The predicted molar refractivity (Wildman–Crippen MR) is 81.4 cm³/mol. The summed E-state index contributed by atoms with van der Waals surface area (Å²) in [6.45, 7) is 2.26. The second-order valence-electron chi connectivity index (χ2n) is 4.64. The Labute approximate surface area is 123 Å². The average Bonchev–Trinajstić information content (AvgIpc) is 3.00. The average molecular weight is 289 g/mol. The van der Waals surface area contributed by atoms with Crippen molar-refractivity contribution < 1.29 is 4.39 Å². The number of hydrogen-bond acceptors (Lipinski definition) is 2. The summed E-state index contributed by atoms with van der Waals surface area (Å²) < 4.78 is 15.1. The fraction of sp³-hybridized carbons (Fsp3) is 0.333. The first-order valence-electron chi connectivity index (χ1n) is 6.92. The Morgan fingerprint density at radius 2 is 2.29 bits per heavy atom. The molecule has 0 radical (unpaired) electrons. The Bertz CT molecular complexity index is 565. The summed E-state index contributed by atoms with van der Waals surface area (Å²) >= 11 is 0. The Morgan fingerprint density at radius 1 is 1.38 bits per heavy atom. The molecular formula is C15H20FN5. The first-order chi connectivity index (χ1) is 10.3. The third kappa shape index (κ3) is 5.25. The van der Waals surface area contributed by atoms with Crippen LogP contribution in [0.3, 0.4) is 0 Å². The summed E-state index contributed by atoms with van der Waals surface area (Å²) in [5, 5.41) is 6.39. The number of rotatable bonds is 6. The molecule has 0 aliphatic rings. The van der Waals surface area contributed by atoms with Crippen LogP contribution in [0.25, 0.3) is 0 Å². The molecule has 0 bridgehead atoms. The molecule has 0 atom stereocenters. The molecule has 1 heterocycles. The van der Waals surface area contributed by atoms with Crippen molar-refractivity contribution >= 4 is 5.96 Å². The van der Waals surface area contributed by atoms with Gasteiger partial charge in [-0.05, 0) is 24.1 Å². The highest BCUT2D eigenvalue weighted by Crippen LogP contribution is 2.02. The van der Waals surface area contributed by atoms with Crippen molar-refractivity contribution in [2.75, 3.05) is 13.6 Å². The lowest BCUT2D eigenvalue weighted by molar-refractivity contribution is 0.620. The lowest BCUT2D eigenvalue weighted by atomic mass is 10.2. The molecule has 1 aromatic heterocycles. The highest BCUT2D eigenvalue weighted by Gasteiger charge is 1.99. The fourth-order valence-electron chi connectivity index (χ4n) is 1.94. The van der Waals surface area contributed by atoms with Gasteiger partial charge in [0.2, 0.25) is 0 Å². The van der Waals surface area contributed by atoms with Crippen molar-refractivity contribution in [3.8, 4) is 0 Å². The molecule has 0 spiro atoms. The topological polar surface area (TPSA) is 54.2 Å². The molecule has 0 amide bonds. The molecule has 5 nitrogen and oxygen atoms in total. The number of halogens is 1. The highest BCUT2D eigenvalue weighted by atomic mass is 19.1. The zero-order valence-electron chi connectivity index (χ0n) is 12.1. The van der Waals surface area contributed by atoms with Gasteiger partial charge in [-0.3, -0.25) is 4.99 Å². The summed E-state index contributed by atoms with van der Waals surface area (Å²) in [6, 6.07) is 6.53. The molecule has 0 saturated carbocycles. The van der Waals surface area contributed by atoms with Gasteiger partial charge in [-0.25, -0.2) is 9.37 Å². The molecule has 112 valence electrons. The summed E-state index contributed by atoms with van der Waals surface area (Å²) in [4.78, 5) is 8.14. The van der Waals surface area contributed by atoms with E-state index in [1.54, 1.807) is 25.6 Å². The zero-order chi connectivity index (χ0) is 14.9. The summed E-state index contributed by atoms with van der Waals surface area (Å²) in [5.74, 6) is 0.488. The lowest BCUT2D eigenvalue weighted by Crippen LogP contribution is -2.37. The molecule has 2 N–H and O–H groups in total. The molecule has 2 aromatic rings. The minimum atomic E-state index is -0.224. The third-order valence-electron chi connectivity index (χ3n) is 3.02. The van der Waals surface area contributed by atoms with Gasteiger partial charge in [0.25, 0.3) is 0 Å². The van der Waals surface area contributed by atoms with Gasteiger partial charge in [0.1, 0.15) is 5.82 Å². The highest BCUT2D eigenvalue weighted by molar-refractivity contribution is 5.79. The van der Waals surface area contributed by atoms with E-state index in [2.05, 4.69) is 20.6 Å². The minimum Gasteiger partial charge on any atom is -0.356 e. The number of aliphatic imine (C=N–C) groups is 1. The number of benzene rings is 1. The summed E-state index contributed by atoms with van der Waals surface area (Å²) in [7, 11) is 1.72. The van der Waals surface area contributed by atoms with E-state index in [1.165, 1.54) is 12.1 Å². The van der Waals surface area contributed by atoms with Crippen LogP contribution >= 0.6 is 0 Å². The van der Waals surface area contributed by atoms with Crippen LogP contribution in [0, 0.1) is 5.82 Å².